The molecule has 0 saturated carbocycles. The first-order valence-electron chi connectivity index (χ1n) is 9.72. The summed E-state index contributed by atoms with van der Waals surface area (Å²) >= 11 is 12.3. The van der Waals surface area contributed by atoms with Crippen LogP contribution in [0.25, 0.3) is 0 Å². The molecule has 1 aromatic carbocycles. The highest BCUT2D eigenvalue weighted by molar-refractivity contribution is 6.33. The predicted octanol–water partition coefficient (Wildman–Crippen LogP) is 5.30. The molecule has 0 amide bonds. The van der Waals surface area contributed by atoms with Crippen LogP contribution in [-0.2, 0) is 11.2 Å². The van der Waals surface area contributed by atoms with Crippen molar-refractivity contribution in [1.82, 2.24) is 9.78 Å². The van der Waals surface area contributed by atoms with Crippen LogP contribution >= 0.6 is 23.2 Å². The van der Waals surface area contributed by atoms with Gasteiger partial charge in [0.1, 0.15) is 18.3 Å². The molecule has 0 fully saturated rings. The van der Waals surface area contributed by atoms with Gasteiger partial charge in [-0.1, -0.05) is 11.6 Å². The first kappa shape index (κ1) is 22.3. The van der Waals surface area contributed by atoms with Crippen LogP contribution in [-0.4, -0.2) is 34.0 Å². The lowest BCUT2D eigenvalue weighted by molar-refractivity contribution is 0.0514. The summed E-state index contributed by atoms with van der Waals surface area (Å²) in [7, 11) is 0. The van der Waals surface area contributed by atoms with Crippen LogP contribution in [0.15, 0.2) is 18.5 Å². The Labute approximate surface area is 185 Å². The topological polar surface area (TPSA) is 89.2 Å². The second-order valence-corrected chi connectivity index (χ2v) is 8.78. The highest BCUT2D eigenvalue weighted by atomic mass is 35.5. The van der Waals surface area contributed by atoms with Crippen LogP contribution in [0.3, 0.4) is 0 Å². The van der Waals surface area contributed by atoms with E-state index in [2.05, 4.69) is 16.5 Å². The molecule has 2 aromatic rings. The van der Waals surface area contributed by atoms with Crippen molar-refractivity contribution in [1.29, 1.82) is 5.26 Å². The van der Waals surface area contributed by atoms with E-state index in [9.17, 15) is 10.1 Å². The average molecular weight is 451 g/mol. The Kier molecular flexibility index (Phi) is 6.79. The number of carbonyl (C=O) groups is 1. The van der Waals surface area contributed by atoms with E-state index in [1.165, 1.54) is 0 Å². The van der Waals surface area contributed by atoms with E-state index in [4.69, 9.17) is 32.7 Å². The Morgan fingerprint density at radius 2 is 2.23 bits per heavy atom. The number of alkyl halides is 1. The fourth-order valence-corrected chi connectivity index (χ4v) is 3.85. The van der Waals surface area contributed by atoms with Gasteiger partial charge in [0.2, 0.25) is 0 Å². The standard InChI is InChI=1S/C21H24Cl2N4O3/c1-21(2,3)30-20(28)27-12-14(11-25-27)26-17-6-4-5-15-16(17)9-13(10-24)19(18(15)23)29-8-7-22/h9,11-12,17,26H,4-8H2,1-3H3. The number of anilines is 1. The van der Waals surface area contributed by atoms with Crippen molar-refractivity contribution in [3.05, 3.63) is 40.2 Å². The molecular formula is C21H24Cl2N4O3. The summed E-state index contributed by atoms with van der Waals surface area (Å²) in [4.78, 5) is 12.2. The Balaban J connectivity index is 1.85. The quantitative estimate of drug-likeness (QED) is 0.621. The van der Waals surface area contributed by atoms with Gasteiger partial charge >= 0.3 is 6.09 Å². The normalized spacial score (nSPS) is 15.8. The van der Waals surface area contributed by atoms with Crippen LogP contribution in [0, 0.1) is 11.3 Å². The summed E-state index contributed by atoms with van der Waals surface area (Å²) in [5, 5.41) is 17.5. The van der Waals surface area contributed by atoms with Crippen LogP contribution in [0.5, 0.6) is 5.75 Å². The van der Waals surface area contributed by atoms with E-state index >= 15 is 0 Å². The summed E-state index contributed by atoms with van der Waals surface area (Å²) in [5.41, 5.74) is 2.36. The molecule has 0 spiro atoms. The van der Waals surface area contributed by atoms with Gasteiger partial charge in [0.25, 0.3) is 0 Å². The van der Waals surface area contributed by atoms with E-state index in [0.717, 1.165) is 35.1 Å². The lowest BCUT2D eigenvalue weighted by Crippen LogP contribution is -2.27. The zero-order chi connectivity index (χ0) is 21.9. The summed E-state index contributed by atoms with van der Waals surface area (Å²) in [6.07, 6.45) is 5.19. The molecule has 160 valence electrons. The van der Waals surface area contributed by atoms with E-state index in [-0.39, 0.29) is 12.6 Å². The van der Waals surface area contributed by atoms with E-state index < -0.39 is 11.7 Å². The van der Waals surface area contributed by atoms with Gasteiger partial charge in [-0.05, 0) is 57.2 Å². The van der Waals surface area contributed by atoms with Gasteiger partial charge in [0, 0.05) is 0 Å². The minimum absolute atomic E-state index is 0.0725. The number of carbonyl (C=O) groups excluding carboxylic acids is 1. The smallest absolute Gasteiger partial charge is 0.435 e. The van der Waals surface area contributed by atoms with Crippen molar-refractivity contribution in [2.24, 2.45) is 0 Å². The van der Waals surface area contributed by atoms with Crippen LogP contribution in [0.4, 0.5) is 10.5 Å². The van der Waals surface area contributed by atoms with Gasteiger partial charge in [-0.15, -0.1) is 11.6 Å². The molecule has 7 nitrogen and oxygen atoms in total. The van der Waals surface area contributed by atoms with Gasteiger partial charge in [-0.25, -0.2) is 4.79 Å². The molecule has 1 heterocycles. The molecule has 1 aromatic heterocycles. The molecule has 9 heteroatoms. The zero-order valence-electron chi connectivity index (χ0n) is 17.2. The molecule has 3 rings (SSSR count). The Morgan fingerprint density at radius 3 is 2.90 bits per heavy atom. The number of rotatable bonds is 5. The zero-order valence-corrected chi connectivity index (χ0v) is 18.7. The predicted molar refractivity (Wildman–Crippen MR) is 116 cm³/mol. The Hall–Kier alpha value is -2.43. The fourth-order valence-electron chi connectivity index (χ4n) is 3.42. The number of hydrogen-bond donors (Lipinski definition) is 1. The van der Waals surface area contributed by atoms with Crippen molar-refractivity contribution in [2.75, 3.05) is 17.8 Å². The molecular weight excluding hydrogens is 427 g/mol. The van der Waals surface area contributed by atoms with Gasteiger partial charge < -0.3 is 14.8 Å². The molecule has 1 N–H and O–H groups in total. The molecule has 0 aliphatic heterocycles. The second kappa shape index (κ2) is 9.15. The number of nitrogens with one attached hydrogen (secondary N) is 1. The highest BCUT2D eigenvalue weighted by Gasteiger charge is 2.27. The van der Waals surface area contributed by atoms with Crippen molar-refractivity contribution < 1.29 is 14.3 Å². The first-order valence-corrected chi connectivity index (χ1v) is 10.6. The number of nitrogens with zero attached hydrogens (tertiary/aromatic N) is 3. The van der Waals surface area contributed by atoms with Crippen molar-refractivity contribution >= 4 is 35.0 Å². The molecule has 0 bridgehead atoms. The molecule has 0 saturated heterocycles. The Morgan fingerprint density at radius 1 is 1.47 bits per heavy atom. The van der Waals surface area contributed by atoms with Gasteiger partial charge in [-0.2, -0.15) is 15.0 Å². The molecule has 1 aliphatic carbocycles. The third-order valence-electron chi connectivity index (χ3n) is 4.60. The highest BCUT2D eigenvalue weighted by Crippen LogP contribution is 2.42. The Bertz CT molecular complexity index is 976. The van der Waals surface area contributed by atoms with Gasteiger partial charge in [0.05, 0.1) is 40.6 Å². The molecule has 30 heavy (non-hydrogen) atoms. The van der Waals surface area contributed by atoms with E-state index in [0.29, 0.717) is 27.9 Å². The minimum Gasteiger partial charge on any atom is -0.489 e. The summed E-state index contributed by atoms with van der Waals surface area (Å²) in [6, 6.07) is 3.91. The van der Waals surface area contributed by atoms with Crippen molar-refractivity contribution in [3.63, 3.8) is 0 Å². The maximum atomic E-state index is 12.2. The number of hydrogen-bond acceptors (Lipinski definition) is 6. The van der Waals surface area contributed by atoms with Crippen LogP contribution in [0.2, 0.25) is 5.02 Å². The average Bonchev–Trinajstić information content (AvgIpc) is 3.15. The SMILES string of the molecule is CC(C)(C)OC(=O)n1cc(NC2CCCc3c2cc(C#N)c(OCCCl)c3Cl)cn1. The molecule has 1 atom stereocenters. The van der Waals surface area contributed by atoms with E-state index in [1.807, 2.05) is 6.07 Å². The summed E-state index contributed by atoms with van der Waals surface area (Å²) in [6.45, 7) is 5.68. The van der Waals surface area contributed by atoms with Crippen molar-refractivity contribution in [3.8, 4) is 11.8 Å². The number of nitriles is 1. The summed E-state index contributed by atoms with van der Waals surface area (Å²) in [5.74, 6) is 0.696. The van der Waals surface area contributed by atoms with Crippen LogP contribution in [0.1, 0.15) is 56.3 Å². The van der Waals surface area contributed by atoms with Crippen LogP contribution < -0.4 is 10.1 Å². The van der Waals surface area contributed by atoms with Gasteiger partial charge in [0.15, 0.2) is 5.75 Å². The number of halogens is 2. The van der Waals surface area contributed by atoms with Gasteiger partial charge in [-0.3, -0.25) is 0 Å². The largest absolute Gasteiger partial charge is 0.489 e. The minimum atomic E-state index is -0.605. The van der Waals surface area contributed by atoms with E-state index in [1.54, 1.807) is 33.2 Å². The van der Waals surface area contributed by atoms with Crippen molar-refractivity contribution in [2.45, 2.75) is 51.7 Å². The number of aromatic nitrogens is 2. The third kappa shape index (κ3) is 5.00. The maximum absolute atomic E-state index is 12.2. The third-order valence-corrected chi connectivity index (χ3v) is 5.15. The molecule has 0 radical (unpaired) electrons. The second-order valence-electron chi connectivity index (χ2n) is 8.03. The molecule has 1 aliphatic rings. The summed E-state index contributed by atoms with van der Waals surface area (Å²) < 4.78 is 12.1. The number of fused-ring (bicyclic) bond motifs is 1. The lowest BCUT2D eigenvalue weighted by atomic mass is 9.86. The monoisotopic (exact) mass is 450 g/mol. The number of ether oxygens (including phenoxy) is 2. The molecule has 1 unspecified atom stereocenters. The fraction of sp³-hybridized carbons (Fsp3) is 0.476. The number of benzene rings is 1. The lowest BCUT2D eigenvalue weighted by Gasteiger charge is -2.28. The first-order chi connectivity index (χ1) is 14.2. The maximum Gasteiger partial charge on any atom is 0.435 e.